The number of ketones is 1. The molecule has 2 aromatic rings. The number of methoxy groups -OCH3 is 1. The van der Waals surface area contributed by atoms with Crippen LogP contribution in [0.15, 0.2) is 23.4 Å². The molecular formula is C22H30N2O5S. The highest BCUT2D eigenvalue weighted by molar-refractivity contribution is 7.99. The number of Topliss-reactive ketones (excluding diaryl/α,β-unsaturated/α-hetero) is 1. The number of carbonyl (C=O) groups is 1. The highest BCUT2D eigenvalue weighted by Gasteiger charge is 2.21. The van der Waals surface area contributed by atoms with Crippen molar-refractivity contribution >= 4 is 17.5 Å². The first-order valence-electron chi connectivity index (χ1n) is 10.2. The Morgan fingerprint density at radius 2 is 2.20 bits per heavy atom. The van der Waals surface area contributed by atoms with Gasteiger partial charge in [0.2, 0.25) is 0 Å². The van der Waals surface area contributed by atoms with Gasteiger partial charge in [0.05, 0.1) is 31.6 Å². The van der Waals surface area contributed by atoms with Crippen molar-refractivity contribution in [2.75, 3.05) is 26.1 Å². The molecule has 1 aliphatic rings. The number of rotatable bonds is 10. The number of nitrogens with zero attached hydrogens (tertiary/aromatic N) is 2. The van der Waals surface area contributed by atoms with Gasteiger partial charge in [-0.15, -0.1) is 0 Å². The Balaban J connectivity index is 1.57. The topological polar surface area (TPSA) is 82.8 Å². The van der Waals surface area contributed by atoms with Gasteiger partial charge < -0.3 is 23.9 Å². The van der Waals surface area contributed by atoms with Crippen molar-refractivity contribution in [3.05, 3.63) is 35.2 Å². The number of ether oxygens (including phenoxy) is 3. The minimum atomic E-state index is -0.680. The summed E-state index contributed by atoms with van der Waals surface area (Å²) in [6, 6.07) is 5.03. The monoisotopic (exact) mass is 434 g/mol. The van der Waals surface area contributed by atoms with E-state index in [2.05, 4.69) is 16.5 Å². The van der Waals surface area contributed by atoms with Crippen molar-refractivity contribution in [3.8, 4) is 11.5 Å². The van der Waals surface area contributed by atoms with Gasteiger partial charge in [0, 0.05) is 23.6 Å². The lowest BCUT2D eigenvalue weighted by molar-refractivity contribution is 0.0944. The Labute approximate surface area is 181 Å². The molecule has 0 aliphatic carbocycles. The maximum atomic E-state index is 11.5. The zero-order valence-electron chi connectivity index (χ0n) is 18.0. The van der Waals surface area contributed by atoms with Gasteiger partial charge in [-0.05, 0) is 51.8 Å². The molecule has 0 amide bonds. The summed E-state index contributed by atoms with van der Waals surface area (Å²) in [4.78, 5) is 16.2. The lowest BCUT2D eigenvalue weighted by atomic mass is 10.1. The van der Waals surface area contributed by atoms with E-state index in [0.29, 0.717) is 22.8 Å². The van der Waals surface area contributed by atoms with Gasteiger partial charge >= 0.3 is 0 Å². The Hall–Kier alpha value is -2.03. The zero-order chi connectivity index (χ0) is 21.7. The number of aryl methyl sites for hydroxylation is 1. The SMILES string of the molecule is COc1cc(C(C)=O)ccc1OCC(O)CSc1nc(C)c(C)n1CC1CCCO1. The van der Waals surface area contributed by atoms with Crippen molar-refractivity contribution in [2.45, 2.75) is 57.5 Å². The third kappa shape index (κ3) is 5.56. The molecule has 2 atom stereocenters. The maximum absolute atomic E-state index is 11.5. The molecule has 0 bridgehead atoms. The van der Waals surface area contributed by atoms with Crippen molar-refractivity contribution in [1.82, 2.24) is 9.55 Å². The number of thioether (sulfide) groups is 1. The fourth-order valence-electron chi connectivity index (χ4n) is 3.35. The molecule has 8 heteroatoms. The zero-order valence-corrected chi connectivity index (χ0v) is 18.8. The quantitative estimate of drug-likeness (QED) is 0.453. The summed E-state index contributed by atoms with van der Waals surface area (Å²) in [7, 11) is 1.52. The first-order valence-corrected chi connectivity index (χ1v) is 11.2. The fourth-order valence-corrected chi connectivity index (χ4v) is 4.36. The molecular weight excluding hydrogens is 404 g/mol. The van der Waals surface area contributed by atoms with Crippen LogP contribution >= 0.6 is 11.8 Å². The van der Waals surface area contributed by atoms with Gasteiger partial charge in [-0.25, -0.2) is 4.98 Å². The second-order valence-corrected chi connectivity index (χ2v) is 8.50. The molecule has 1 saturated heterocycles. The molecule has 1 aliphatic heterocycles. The fraction of sp³-hybridized carbons (Fsp3) is 0.545. The summed E-state index contributed by atoms with van der Waals surface area (Å²) < 4.78 is 19.0. The first-order chi connectivity index (χ1) is 14.4. The summed E-state index contributed by atoms with van der Waals surface area (Å²) >= 11 is 1.52. The van der Waals surface area contributed by atoms with E-state index in [1.54, 1.807) is 18.2 Å². The molecule has 2 heterocycles. The van der Waals surface area contributed by atoms with Crippen LogP contribution in [0.4, 0.5) is 0 Å². The average molecular weight is 435 g/mol. The summed E-state index contributed by atoms with van der Waals surface area (Å²) in [5.41, 5.74) is 2.68. The molecule has 1 aromatic heterocycles. The van der Waals surface area contributed by atoms with Crippen LogP contribution in [-0.2, 0) is 11.3 Å². The molecule has 3 rings (SSSR count). The lowest BCUT2D eigenvalue weighted by Gasteiger charge is -2.16. The number of imidazole rings is 1. The van der Waals surface area contributed by atoms with E-state index < -0.39 is 6.10 Å². The van der Waals surface area contributed by atoms with Gasteiger partial charge in [0.25, 0.3) is 0 Å². The smallest absolute Gasteiger partial charge is 0.168 e. The van der Waals surface area contributed by atoms with E-state index in [1.807, 2.05) is 6.92 Å². The third-order valence-corrected chi connectivity index (χ3v) is 6.36. The third-order valence-electron chi connectivity index (χ3n) is 5.24. The molecule has 0 saturated carbocycles. The number of carbonyl (C=O) groups excluding carboxylic acids is 1. The normalized spacial score (nSPS) is 17.2. The van der Waals surface area contributed by atoms with Crippen LogP contribution in [0, 0.1) is 13.8 Å². The number of aromatic nitrogens is 2. The Bertz CT molecular complexity index is 877. The van der Waals surface area contributed by atoms with Gasteiger partial charge in [0.1, 0.15) is 6.61 Å². The molecule has 30 heavy (non-hydrogen) atoms. The predicted molar refractivity (Wildman–Crippen MR) is 116 cm³/mol. The Morgan fingerprint density at radius 1 is 1.40 bits per heavy atom. The highest BCUT2D eigenvalue weighted by atomic mass is 32.2. The highest BCUT2D eigenvalue weighted by Crippen LogP contribution is 2.29. The number of aliphatic hydroxyl groups is 1. The Morgan fingerprint density at radius 3 is 2.87 bits per heavy atom. The number of hydrogen-bond donors (Lipinski definition) is 1. The van der Waals surface area contributed by atoms with E-state index in [4.69, 9.17) is 14.2 Å². The Kier molecular flexibility index (Phi) is 7.80. The lowest BCUT2D eigenvalue weighted by Crippen LogP contribution is -2.21. The van der Waals surface area contributed by atoms with Gasteiger partial charge in [-0.2, -0.15) is 0 Å². The van der Waals surface area contributed by atoms with Crippen molar-refractivity contribution in [2.24, 2.45) is 0 Å². The molecule has 1 N–H and O–H groups in total. The predicted octanol–water partition coefficient (Wildman–Crippen LogP) is 3.42. The molecule has 1 fully saturated rings. The molecule has 0 spiro atoms. The van der Waals surface area contributed by atoms with Crippen LogP contribution in [0.3, 0.4) is 0 Å². The minimum Gasteiger partial charge on any atom is -0.493 e. The van der Waals surface area contributed by atoms with Gasteiger partial charge in [-0.3, -0.25) is 4.79 Å². The van der Waals surface area contributed by atoms with Crippen LogP contribution in [0.2, 0.25) is 0 Å². The summed E-state index contributed by atoms with van der Waals surface area (Å²) in [6.07, 6.45) is 1.73. The van der Waals surface area contributed by atoms with Crippen LogP contribution < -0.4 is 9.47 Å². The van der Waals surface area contributed by atoms with E-state index in [1.165, 1.54) is 25.8 Å². The van der Waals surface area contributed by atoms with Crippen molar-refractivity contribution in [3.63, 3.8) is 0 Å². The molecule has 7 nitrogen and oxygen atoms in total. The van der Waals surface area contributed by atoms with Crippen LogP contribution in [0.1, 0.15) is 41.5 Å². The van der Waals surface area contributed by atoms with Gasteiger partial charge in [0.15, 0.2) is 22.4 Å². The van der Waals surface area contributed by atoms with Crippen LogP contribution in [0.5, 0.6) is 11.5 Å². The largest absolute Gasteiger partial charge is 0.493 e. The summed E-state index contributed by atoms with van der Waals surface area (Å²) in [6.45, 7) is 7.31. The standard InChI is InChI=1S/C22H30N2O5S/c1-14-15(2)24(11-19-6-5-9-28-19)22(23-14)30-13-18(26)12-29-20-8-7-17(16(3)25)10-21(20)27-4/h7-8,10,18-19,26H,5-6,9,11-13H2,1-4H3. The number of hydrogen-bond acceptors (Lipinski definition) is 7. The summed E-state index contributed by atoms with van der Waals surface area (Å²) in [5, 5.41) is 11.3. The average Bonchev–Trinajstić information content (AvgIpc) is 3.34. The molecule has 0 radical (unpaired) electrons. The minimum absolute atomic E-state index is 0.0413. The van der Waals surface area contributed by atoms with E-state index in [9.17, 15) is 9.90 Å². The van der Waals surface area contributed by atoms with Crippen molar-refractivity contribution < 1.29 is 24.1 Å². The number of benzene rings is 1. The van der Waals surface area contributed by atoms with Crippen molar-refractivity contribution in [1.29, 1.82) is 0 Å². The van der Waals surface area contributed by atoms with Crippen LogP contribution in [-0.4, -0.2) is 58.7 Å². The number of aliphatic hydroxyl groups excluding tert-OH is 1. The second kappa shape index (κ2) is 10.3. The second-order valence-electron chi connectivity index (χ2n) is 7.51. The maximum Gasteiger partial charge on any atom is 0.168 e. The summed E-state index contributed by atoms with van der Waals surface area (Å²) in [5.74, 6) is 1.38. The van der Waals surface area contributed by atoms with E-state index in [-0.39, 0.29) is 18.5 Å². The molecule has 164 valence electrons. The first kappa shape index (κ1) is 22.7. The molecule has 2 unspecified atom stereocenters. The van der Waals surface area contributed by atoms with Crippen LogP contribution in [0.25, 0.3) is 0 Å². The van der Waals surface area contributed by atoms with E-state index >= 15 is 0 Å². The van der Waals surface area contributed by atoms with E-state index in [0.717, 1.165) is 42.5 Å². The van der Waals surface area contributed by atoms with Gasteiger partial charge in [-0.1, -0.05) is 11.8 Å². The molecule has 1 aromatic carbocycles.